The van der Waals surface area contributed by atoms with Crippen LogP contribution in [0.3, 0.4) is 0 Å². The lowest BCUT2D eigenvalue weighted by molar-refractivity contribution is -0.138. The van der Waals surface area contributed by atoms with Crippen molar-refractivity contribution < 1.29 is 17.7 Å². The van der Waals surface area contributed by atoms with Crippen LogP contribution in [-0.4, -0.2) is 79.4 Å². The number of carbonyl (C=O) groups excluding carboxylic acids is 1. The molecule has 8 nitrogen and oxygen atoms in total. The zero-order valence-corrected chi connectivity index (χ0v) is 16.6. The van der Waals surface area contributed by atoms with E-state index in [1.807, 2.05) is 4.90 Å². The van der Waals surface area contributed by atoms with Crippen molar-refractivity contribution in [1.29, 1.82) is 0 Å². The van der Waals surface area contributed by atoms with Gasteiger partial charge in [-0.1, -0.05) is 12.1 Å². The van der Waals surface area contributed by atoms with Crippen LogP contribution in [0.5, 0.6) is 0 Å². The molecule has 1 amide bonds. The van der Waals surface area contributed by atoms with E-state index >= 15 is 0 Å². The van der Waals surface area contributed by atoms with Gasteiger partial charge in [0.25, 0.3) is 0 Å². The molecule has 2 fully saturated rings. The molecule has 0 aromatic carbocycles. The smallest absolute Gasteiger partial charge is 0.248 e. The van der Waals surface area contributed by atoms with Crippen LogP contribution < -0.4 is 0 Å². The Kier molecular flexibility index (Phi) is 5.69. The largest absolute Gasteiger partial charge is 0.360 e. The minimum atomic E-state index is -3.62. The number of nitrogens with zero attached hydrogens (tertiary/aromatic N) is 4. The number of aryl methyl sites for hydroxylation is 2. The van der Waals surface area contributed by atoms with E-state index in [-0.39, 0.29) is 16.7 Å². The number of hydrogen-bond donors (Lipinski definition) is 0. The SMILES string of the molecule is CCN1CCN(C(=O)C2CCN(S(=O)(=O)c3c(C)noc3C)CC2)CC1. The summed E-state index contributed by atoms with van der Waals surface area (Å²) in [6.07, 6.45) is 1.13. The third kappa shape index (κ3) is 3.65. The van der Waals surface area contributed by atoms with Gasteiger partial charge in [-0.3, -0.25) is 4.79 Å². The predicted molar refractivity (Wildman–Crippen MR) is 96.2 cm³/mol. The van der Waals surface area contributed by atoms with Crippen LogP contribution in [0.25, 0.3) is 0 Å². The summed E-state index contributed by atoms with van der Waals surface area (Å²) < 4.78 is 32.2. The fourth-order valence-electron chi connectivity index (χ4n) is 3.86. The highest BCUT2D eigenvalue weighted by molar-refractivity contribution is 7.89. The third-order valence-electron chi connectivity index (χ3n) is 5.50. The summed E-state index contributed by atoms with van der Waals surface area (Å²) in [6, 6.07) is 0. The van der Waals surface area contributed by atoms with Gasteiger partial charge in [-0.25, -0.2) is 8.42 Å². The summed E-state index contributed by atoms with van der Waals surface area (Å²) >= 11 is 0. The van der Waals surface area contributed by atoms with Crippen LogP contribution in [0.4, 0.5) is 0 Å². The summed E-state index contributed by atoms with van der Waals surface area (Å²) in [4.78, 5) is 17.2. The molecule has 2 saturated heterocycles. The number of carbonyl (C=O) groups is 1. The van der Waals surface area contributed by atoms with E-state index in [1.165, 1.54) is 4.31 Å². The van der Waals surface area contributed by atoms with Crippen LogP contribution in [0, 0.1) is 19.8 Å². The molecule has 3 rings (SSSR count). The molecule has 2 aliphatic rings. The molecule has 146 valence electrons. The van der Waals surface area contributed by atoms with E-state index in [0.29, 0.717) is 37.4 Å². The molecular formula is C17H28N4O4S. The molecule has 0 spiro atoms. The second kappa shape index (κ2) is 7.66. The molecule has 2 aliphatic heterocycles. The normalized spacial score (nSPS) is 21.3. The molecular weight excluding hydrogens is 356 g/mol. The van der Waals surface area contributed by atoms with Gasteiger partial charge in [0.2, 0.25) is 15.9 Å². The highest BCUT2D eigenvalue weighted by Gasteiger charge is 2.36. The zero-order valence-electron chi connectivity index (χ0n) is 15.8. The lowest BCUT2D eigenvalue weighted by atomic mass is 9.96. The van der Waals surface area contributed by atoms with Crippen LogP contribution in [0.2, 0.25) is 0 Å². The number of rotatable bonds is 4. The van der Waals surface area contributed by atoms with E-state index in [9.17, 15) is 13.2 Å². The van der Waals surface area contributed by atoms with Crippen molar-refractivity contribution in [1.82, 2.24) is 19.3 Å². The second-order valence-electron chi connectivity index (χ2n) is 7.09. The highest BCUT2D eigenvalue weighted by atomic mass is 32.2. The second-order valence-corrected chi connectivity index (χ2v) is 8.97. The maximum absolute atomic E-state index is 12.9. The summed E-state index contributed by atoms with van der Waals surface area (Å²) in [5, 5.41) is 3.75. The van der Waals surface area contributed by atoms with Crippen molar-refractivity contribution in [2.45, 2.75) is 38.5 Å². The first kappa shape index (κ1) is 19.3. The molecule has 0 N–H and O–H groups in total. The van der Waals surface area contributed by atoms with Crippen molar-refractivity contribution in [2.75, 3.05) is 45.8 Å². The molecule has 0 atom stereocenters. The average Bonchev–Trinajstić information content (AvgIpc) is 3.00. The molecule has 9 heteroatoms. The number of aromatic nitrogens is 1. The molecule has 1 aromatic rings. The summed E-state index contributed by atoms with van der Waals surface area (Å²) in [7, 11) is -3.62. The van der Waals surface area contributed by atoms with Gasteiger partial charge in [0.1, 0.15) is 10.6 Å². The summed E-state index contributed by atoms with van der Waals surface area (Å²) in [5.74, 6) is 0.406. The van der Waals surface area contributed by atoms with Crippen molar-refractivity contribution >= 4 is 15.9 Å². The van der Waals surface area contributed by atoms with Crippen molar-refractivity contribution in [3.63, 3.8) is 0 Å². The Morgan fingerprint density at radius 3 is 2.23 bits per heavy atom. The van der Waals surface area contributed by atoms with Crippen LogP contribution >= 0.6 is 0 Å². The molecule has 0 aliphatic carbocycles. The quantitative estimate of drug-likeness (QED) is 0.765. The molecule has 0 unspecified atom stereocenters. The first-order chi connectivity index (χ1) is 12.3. The van der Waals surface area contributed by atoms with Gasteiger partial charge < -0.3 is 14.3 Å². The van der Waals surface area contributed by atoms with Gasteiger partial charge in [0.15, 0.2) is 5.76 Å². The topological polar surface area (TPSA) is 87.0 Å². The zero-order chi connectivity index (χ0) is 18.9. The van der Waals surface area contributed by atoms with Gasteiger partial charge in [-0.15, -0.1) is 0 Å². The Labute approximate surface area is 155 Å². The lowest BCUT2D eigenvalue weighted by Gasteiger charge is -2.38. The van der Waals surface area contributed by atoms with Crippen molar-refractivity contribution in [3.05, 3.63) is 11.5 Å². The van der Waals surface area contributed by atoms with Gasteiger partial charge >= 0.3 is 0 Å². The molecule has 0 saturated carbocycles. The standard InChI is InChI=1S/C17H28N4O4S/c1-4-19-9-11-20(12-10-19)17(22)15-5-7-21(8-6-15)26(23,24)16-13(2)18-25-14(16)3/h15H,4-12H2,1-3H3. The maximum atomic E-state index is 12.9. The third-order valence-corrected chi connectivity index (χ3v) is 7.64. The fraction of sp³-hybridized carbons (Fsp3) is 0.765. The number of amides is 1. The van der Waals surface area contributed by atoms with E-state index < -0.39 is 10.0 Å². The number of likely N-dealkylation sites (N-methyl/N-ethyl adjacent to an activating group) is 1. The minimum Gasteiger partial charge on any atom is -0.360 e. The van der Waals surface area contributed by atoms with Gasteiger partial charge in [-0.2, -0.15) is 4.31 Å². The highest BCUT2D eigenvalue weighted by Crippen LogP contribution is 2.28. The van der Waals surface area contributed by atoms with Crippen LogP contribution in [0.1, 0.15) is 31.2 Å². The summed E-state index contributed by atoms with van der Waals surface area (Å²) in [6.45, 7) is 10.5. The number of piperidine rings is 1. The Balaban J connectivity index is 1.60. The first-order valence-electron chi connectivity index (χ1n) is 9.28. The van der Waals surface area contributed by atoms with E-state index in [4.69, 9.17) is 4.52 Å². The number of piperazine rings is 1. The minimum absolute atomic E-state index is 0.0840. The van der Waals surface area contributed by atoms with Crippen molar-refractivity contribution in [2.24, 2.45) is 5.92 Å². The molecule has 26 heavy (non-hydrogen) atoms. The van der Waals surface area contributed by atoms with Gasteiger partial charge in [-0.05, 0) is 33.2 Å². The Bertz CT molecular complexity index is 725. The maximum Gasteiger partial charge on any atom is 0.248 e. The van der Waals surface area contributed by atoms with E-state index in [2.05, 4.69) is 17.0 Å². The monoisotopic (exact) mass is 384 g/mol. The predicted octanol–water partition coefficient (Wildman–Crippen LogP) is 0.856. The van der Waals surface area contributed by atoms with Gasteiger partial charge in [0, 0.05) is 45.2 Å². The number of hydrogen-bond acceptors (Lipinski definition) is 6. The number of sulfonamides is 1. The molecule has 0 radical (unpaired) electrons. The lowest BCUT2D eigenvalue weighted by Crippen LogP contribution is -2.51. The van der Waals surface area contributed by atoms with Gasteiger partial charge in [0.05, 0.1) is 0 Å². The Morgan fingerprint density at radius 1 is 1.12 bits per heavy atom. The Hall–Kier alpha value is -1.45. The Morgan fingerprint density at radius 2 is 1.73 bits per heavy atom. The van der Waals surface area contributed by atoms with Crippen LogP contribution in [0.15, 0.2) is 9.42 Å². The summed E-state index contributed by atoms with van der Waals surface area (Å²) in [5.41, 5.74) is 0.384. The molecule has 1 aromatic heterocycles. The van der Waals surface area contributed by atoms with Crippen LogP contribution in [-0.2, 0) is 14.8 Å². The van der Waals surface area contributed by atoms with E-state index in [1.54, 1.807) is 13.8 Å². The van der Waals surface area contributed by atoms with E-state index in [0.717, 1.165) is 32.7 Å². The molecule has 0 bridgehead atoms. The molecule has 3 heterocycles. The average molecular weight is 385 g/mol. The fourth-order valence-corrected chi connectivity index (χ4v) is 5.62. The first-order valence-corrected chi connectivity index (χ1v) is 10.7. The van der Waals surface area contributed by atoms with Crippen molar-refractivity contribution in [3.8, 4) is 0 Å².